The zero-order valence-electron chi connectivity index (χ0n) is 20.5. The zero-order chi connectivity index (χ0) is 25.2. The van der Waals surface area contributed by atoms with E-state index in [0.717, 1.165) is 5.56 Å². The van der Waals surface area contributed by atoms with Crippen molar-refractivity contribution in [2.24, 2.45) is 0 Å². The number of carbonyl (C=O) groups is 2. The number of amides is 3. The Balaban J connectivity index is 1.68. The van der Waals surface area contributed by atoms with Gasteiger partial charge < -0.3 is 30.9 Å². The average Bonchev–Trinajstić information content (AvgIpc) is 2.84. The molecular formula is C27H33N5O3. The van der Waals surface area contributed by atoms with Crippen molar-refractivity contribution in [2.45, 2.75) is 13.5 Å². The van der Waals surface area contributed by atoms with Gasteiger partial charge in [-0.3, -0.25) is 4.79 Å². The lowest BCUT2D eigenvalue weighted by molar-refractivity contribution is 0.102. The minimum atomic E-state index is -0.245. The second-order valence-corrected chi connectivity index (χ2v) is 8.35. The molecule has 0 aromatic heterocycles. The highest BCUT2D eigenvalue weighted by molar-refractivity contribution is 6.05. The van der Waals surface area contributed by atoms with Crippen LogP contribution in [0.5, 0.6) is 5.75 Å². The van der Waals surface area contributed by atoms with Gasteiger partial charge in [-0.2, -0.15) is 0 Å². The molecule has 35 heavy (non-hydrogen) atoms. The van der Waals surface area contributed by atoms with Crippen LogP contribution in [0.1, 0.15) is 22.8 Å². The van der Waals surface area contributed by atoms with Gasteiger partial charge in [-0.1, -0.05) is 30.3 Å². The molecule has 0 bridgehead atoms. The molecule has 0 heterocycles. The van der Waals surface area contributed by atoms with Crippen LogP contribution >= 0.6 is 0 Å². The molecule has 0 aliphatic heterocycles. The van der Waals surface area contributed by atoms with Gasteiger partial charge in [-0.05, 0) is 63.0 Å². The molecule has 0 radical (unpaired) electrons. The van der Waals surface area contributed by atoms with Gasteiger partial charge in [0, 0.05) is 37.0 Å². The lowest BCUT2D eigenvalue weighted by Crippen LogP contribution is -2.39. The second kappa shape index (κ2) is 12.4. The van der Waals surface area contributed by atoms with Crippen molar-refractivity contribution in [3.8, 4) is 5.75 Å². The lowest BCUT2D eigenvalue weighted by atomic mass is 10.1. The largest absolute Gasteiger partial charge is 0.494 e. The van der Waals surface area contributed by atoms with Crippen LogP contribution < -0.4 is 21.1 Å². The molecule has 3 aromatic rings. The quantitative estimate of drug-likeness (QED) is 0.375. The number of urea groups is 1. The normalized spacial score (nSPS) is 10.6. The molecule has 3 aromatic carbocycles. The van der Waals surface area contributed by atoms with Crippen molar-refractivity contribution >= 4 is 29.0 Å². The van der Waals surface area contributed by atoms with Crippen molar-refractivity contribution in [1.29, 1.82) is 0 Å². The fourth-order valence-corrected chi connectivity index (χ4v) is 3.39. The molecule has 0 aliphatic carbocycles. The van der Waals surface area contributed by atoms with Gasteiger partial charge in [0.2, 0.25) is 0 Å². The fourth-order valence-electron chi connectivity index (χ4n) is 3.39. The van der Waals surface area contributed by atoms with E-state index in [-0.39, 0.29) is 11.9 Å². The number of nitrogens with one attached hydrogen (secondary N) is 2. The first-order valence-electron chi connectivity index (χ1n) is 11.5. The Hall–Kier alpha value is -4.04. The van der Waals surface area contributed by atoms with Crippen LogP contribution in [-0.4, -0.2) is 55.5 Å². The summed E-state index contributed by atoms with van der Waals surface area (Å²) in [5.41, 5.74) is 9.08. The van der Waals surface area contributed by atoms with Crippen LogP contribution in [0, 0.1) is 0 Å². The van der Waals surface area contributed by atoms with E-state index in [9.17, 15) is 9.59 Å². The number of nitrogens with two attached hydrogens (primary N) is 1. The fraction of sp³-hybridized carbons (Fsp3) is 0.259. The standard InChI is InChI=1S/C27H33N5O3/c1-4-35-23-9-7-8-22(18-23)29-27(34)32(17-16-31(2)3)19-20-12-14-21(15-13-20)26(33)30-25-11-6-5-10-24(25)28/h5-15,18H,4,16-17,19,28H2,1-3H3,(H,29,34)(H,30,33). The molecule has 0 saturated heterocycles. The van der Waals surface area contributed by atoms with Gasteiger partial charge in [-0.25, -0.2) is 4.79 Å². The summed E-state index contributed by atoms with van der Waals surface area (Å²) >= 11 is 0. The molecule has 3 rings (SSSR count). The summed E-state index contributed by atoms with van der Waals surface area (Å²) in [5, 5.41) is 5.78. The van der Waals surface area contributed by atoms with Crippen molar-refractivity contribution in [1.82, 2.24) is 9.80 Å². The Kier molecular flexibility index (Phi) is 9.09. The highest BCUT2D eigenvalue weighted by Crippen LogP contribution is 2.20. The number of rotatable bonds is 10. The van der Waals surface area contributed by atoms with E-state index in [1.807, 2.05) is 68.4 Å². The maximum atomic E-state index is 13.1. The maximum absolute atomic E-state index is 13.1. The molecule has 0 unspecified atom stereocenters. The van der Waals surface area contributed by atoms with E-state index in [4.69, 9.17) is 10.5 Å². The van der Waals surface area contributed by atoms with Gasteiger partial charge in [0.15, 0.2) is 0 Å². The highest BCUT2D eigenvalue weighted by Gasteiger charge is 2.16. The number of anilines is 3. The summed E-state index contributed by atoms with van der Waals surface area (Å²) in [6.45, 7) is 4.13. The summed E-state index contributed by atoms with van der Waals surface area (Å²) in [7, 11) is 3.93. The zero-order valence-corrected chi connectivity index (χ0v) is 20.5. The lowest BCUT2D eigenvalue weighted by Gasteiger charge is -2.25. The predicted octanol–water partition coefficient (Wildman–Crippen LogP) is 4.52. The number of nitrogen functional groups attached to an aromatic ring is 1. The summed E-state index contributed by atoms with van der Waals surface area (Å²) in [6, 6.07) is 21.5. The summed E-state index contributed by atoms with van der Waals surface area (Å²) in [5.74, 6) is 0.460. The second-order valence-electron chi connectivity index (χ2n) is 8.35. The van der Waals surface area contributed by atoms with E-state index < -0.39 is 0 Å². The number of benzene rings is 3. The van der Waals surface area contributed by atoms with Crippen LogP contribution in [0.3, 0.4) is 0 Å². The molecule has 0 atom stereocenters. The number of hydrogen-bond donors (Lipinski definition) is 3. The van der Waals surface area contributed by atoms with E-state index in [2.05, 4.69) is 10.6 Å². The number of ether oxygens (including phenoxy) is 1. The predicted molar refractivity (Wildman–Crippen MR) is 141 cm³/mol. The van der Waals surface area contributed by atoms with E-state index in [1.165, 1.54) is 0 Å². The van der Waals surface area contributed by atoms with E-state index in [1.54, 1.807) is 35.2 Å². The van der Waals surface area contributed by atoms with E-state index in [0.29, 0.717) is 54.6 Å². The number of hydrogen-bond acceptors (Lipinski definition) is 5. The van der Waals surface area contributed by atoms with Crippen LogP contribution in [0.25, 0.3) is 0 Å². The van der Waals surface area contributed by atoms with Crippen LogP contribution in [0.15, 0.2) is 72.8 Å². The third-order valence-corrected chi connectivity index (χ3v) is 5.30. The van der Waals surface area contributed by atoms with Crippen molar-refractivity contribution < 1.29 is 14.3 Å². The Morgan fingerprint density at radius 3 is 2.34 bits per heavy atom. The summed E-state index contributed by atoms with van der Waals surface area (Å²) < 4.78 is 5.53. The molecular weight excluding hydrogens is 442 g/mol. The Morgan fingerprint density at radius 1 is 0.914 bits per heavy atom. The first-order valence-corrected chi connectivity index (χ1v) is 11.5. The van der Waals surface area contributed by atoms with E-state index >= 15 is 0 Å². The molecule has 184 valence electrons. The van der Waals surface area contributed by atoms with Crippen LogP contribution in [-0.2, 0) is 6.54 Å². The van der Waals surface area contributed by atoms with Crippen molar-refractivity contribution in [3.63, 3.8) is 0 Å². The molecule has 3 amide bonds. The average molecular weight is 476 g/mol. The molecule has 8 nitrogen and oxygen atoms in total. The first kappa shape index (κ1) is 25.6. The van der Waals surface area contributed by atoms with Gasteiger partial charge in [0.1, 0.15) is 5.75 Å². The number of para-hydroxylation sites is 2. The molecule has 0 spiro atoms. The molecule has 4 N–H and O–H groups in total. The molecule has 0 aliphatic rings. The molecule has 0 saturated carbocycles. The van der Waals surface area contributed by atoms with Gasteiger partial charge in [0.25, 0.3) is 5.91 Å². The van der Waals surface area contributed by atoms with Gasteiger partial charge in [0.05, 0.1) is 18.0 Å². The third-order valence-electron chi connectivity index (χ3n) is 5.30. The van der Waals surface area contributed by atoms with Gasteiger partial charge >= 0.3 is 6.03 Å². The minimum Gasteiger partial charge on any atom is -0.494 e. The summed E-state index contributed by atoms with van der Waals surface area (Å²) in [6.07, 6.45) is 0. The first-order chi connectivity index (χ1) is 16.9. The minimum absolute atomic E-state index is 0.207. The van der Waals surface area contributed by atoms with Crippen LogP contribution in [0.2, 0.25) is 0 Å². The number of carbonyl (C=O) groups excluding carboxylic acids is 2. The monoisotopic (exact) mass is 475 g/mol. The Bertz CT molecular complexity index is 1130. The smallest absolute Gasteiger partial charge is 0.322 e. The highest BCUT2D eigenvalue weighted by atomic mass is 16.5. The van der Waals surface area contributed by atoms with Gasteiger partial charge in [-0.15, -0.1) is 0 Å². The van der Waals surface area contributed by atoms with Crippen molar-refractivity contribution in [3.05, 3.63) is 83.9 Å². The maximum Gasteiger partial charge on any atom is 0.322 e. The number of likely N-dealkylation sites (N-methyl/N-ethyl adjacent to an activating group) is 1. The topological polar surface area (TPSA) is 99.9 Å². The molecule has 0 fully saturated rings. The SMILES string of the molecule is CCOc1cccc(NC(=O)N(CCN(C)C)Cc2ccc(C(=O)Nc3ccccc3N)cc2)c1. The Labute approximate surface area is 206 Å². The molecule has 8 heteroatoms. The van der Waals surface area contributed by atoms with Crippen molar-refractivity contribution in [2.75, 3.05) is 50.2 Å². The Morgan fingerprint density at radius 2 is 1.66 bits per heavy atom. The third kappa shape index (κ3) is 7.75. The van der Waals surface area contributed by atoms with Crippen LogP contribution in [0.4, 0.5) is 21.9 Å². The summed E-state index contributed by atoms with van der Waals surface area (Å²) in [4.78, 5) is 29.5. The number of nitrogens with zero attached hydrogens (tertiary/aromatic N) is 2.